The lowest BCUT2D eigenvalue weighted by Crippen LogP contribution is -2.30. The van der Waals surface area contributed by atoms with Crippen molar-refractivity contribution in [3.05, 3.63) is 33.9 Å². The average molecular weight is 279 g/mol. The quantitative estimate of drug-likeness (QED) is 0.639. The van der Waals surface area contributed by atoms with E-state index >= 15 is 0 Å². The van der Waals surface area contributed by atoms with Crippen molar-refractivity contribution in [2.24, 2.45) is 5.73 Å². The molecule has 7 nitrogen and oxygen atoms in total. The minimum Gasteiger partial charge on any atom is -0.364 e. The minimum absolute atomic E-state index is 0.0185. The van der Waals surface area contributed by atoms with Gasteiger partial charge in [0.2, 0.25) is 0 Å². The molecule has 0 bridgehead atoms. The number of benzene rings is 1. The highest BCUT2D eigenvalue weighted by Gasteiger charge is 2.30. The smallest absolute Gasteiger partial charge is 0.274 e. The zero-order valence-electron chi connectivity index (χ0n) is 11.2. The van der Waals surface area contributed by atoms with E-state index in [0.717, 1.165) is 6.42 Å². The number of nitro benzene ring substituents is 1. The lowest BCUT2D eigenvalue weighted by Gasteiger charge is -2.14. The third-order valence-electron chi connectivity index (χ3n) is 3.42. The predicted molar refractivity (Wildman–Crippen MR) is 73.4 cm³/mol. The van der Waals surface area contributed by atoms with Crippen molar-refractivity contribution in [1.29, 1.82) is 0 Å². The molecular formula is C13H17N3O4. The summed E-state index contributed by atoms with van der Waals surface area (Å²) in [7, 11) is 0. The SMILES string of the molecule is Cc1c(NC(=O)C2CCC(CN)O2)cccc1[N+](=O)[O-]. The molecule has 1 aromatic rings. The highest BCUT2D eigenvalue weighted by Crippen LogP contribution is 2.26. The summed E-state index contributed by atoms with van der Waals surface area (Å²) in [6.45, 7) is 1.99. The number of ether oxygens (including phenoxy) is 1. The van der Waals surface area contributed by atoms with Crippen molar-refractivity contribution >= 4 is 17.3 Å². The first kappa shape index (κ1) is 14.4. The van der Waals surface area contributed by atoms with E-state index in [1.807, 2.05) is 0 Å². The molecule has 1 aliphatic rings. The number of anilines is 1. The molecule has 0 spiro atoms. The molecule has 2 unspecified atom stereocenters. The lowest BCUT2D eigenvalue weighted by molar-refractivity contribution is -0.385. The summed E-state index contributed by atoms with van der Waals surface area (Å²) < 4.78 is 5.49. The van der Waals surface area contributed by atoms with Gasteiger partial charge in [0.05, 0.1) is 22.3 Å². The van der Waals surface area contributed by atoms with Crippen molar-refractivity contribution < 1.29 is 14.5 Å². The summed E-state index contributed by atoms with van der Waals surface area (Å²) in [5.41, 5.74) is 6.34. The third-order valence-corrected chi connectivity index (χ3v) is 3.42. The fourth-order valence-electron chi connectivity index (χ4n) is 2.24. The van der Waals surface area contributed by atoms with Crippen LogP contribution in [0.3, 0.4) is 0 Å². The summed E-state index contributed by atoms with van der Waals surface area (Å²) in [5, 5.41) is 13.5. The number of nitrogens with zero attached hydrogens (tertiary/aromatic N) is 1. The summed E-state index contributed by atoms with van der Waals surface area (Å²) >= 11 is 0. The van der Waals surface area contributed by atoms with Crippen molar-refractivity contribution in [1.82, 2.24) is 0 Å². The highest BCUT2D eigenvalue weighted by molar-refractivity contribution is 5.95. The number of rotatable bonds is 4. The molecule has 1 heterocycles. The Hall–Kier alpha value is -1.99. The largest absolute Gasteiger partial charge is 0.364 e. The molecule has 0 aliphatic carbocycles. The highest BCUT2D eigenvalue weighted by atomic mass is 16.6. The number of amides is 1. The number of nitrogens with one attached hydrogen (secondary N) is 1. The van der Waals surface area contributed by atoms with Gasteiger partial charge < -0.3 is 15.8 Å². The molecule has 1 aromatic carbocycles. The fourth-order valence-corrected chi connectivity index (χ4v) is 2.24. The van der Waals surface area contributed by atoms with Gasteiger partial charge in [0.1, 0.15) is 6.10 Å². The number of nitro groups is 1. The van der Waals surface area contributed by atoms with Crippen molar-refractivity contribution in [2.75, 3.05) is 11.9 Å². The molecule has 2 rings (SSSR count). The van der Waals surface area contributed by atoms with Crippen LogP contribution in [0, 0.1) is 17.0 Å². The molecule has 1 aliphatic heterocycles. The van der Waals surface area contributed by atoms with Gasteiger partial charge in [0, 0.05) is 12.6 Å². The topological polar surface area (TPSA) is 107 Å². The maximum absolute atomic E-state index is 12.1. The van der Waals surface area contributed by atoms with Crippen LogP contribution in [0.5, 0.6) is 0 Å². The molecule has 1 amide bonds. The zero-order valence-corrected chi connectivity index (χ0v) is 11.2. The fraction of sp³-hybridized carbons (Fsp3) is 0.462. The maximum Gasteiger partial charge on any atom is 0.274 e. The second kappa shape index (κ2) is 5.98. The first-order chi connectivity index (χ1) is 9.52. The van der Waals surface area contributed by atoms with Crippen LogP contribution in [0.4, 0.5) is 11.4 Å². The molecule has 2 atom stereocenters. The van der Waals surface area contributed by atoms with Crippen LogP contribution < -0.4 is 11.1 Å². The summed E-state index contributed by atoms with van der Waals surface area (Å²) in [6, 6.07) is 4.58. The van der Waals surface area contributed by atoms with Gasteiger partial charge in [-0.15, -0.1) is 0 Å². The van der Waals surface area contributed by atoms with E-state index in [2.05, 4.69) is 5.32 Å². The Bertz CT molecular complexity index is 532. The van der Waals surface area contributed by atoms with E-state index < -0.39 is 11.0 Å². The first-order valence-electron chi connectivity index (χ1n) is 6.43. The van der Waals surface area contributed by atoms with Gasteiger partial charge in [-0.3, -0.25) is 14.9 Å². The molecule has 3 N–H and O–H groups in total. The number of hydrogen-bond donors (Lipinski definition) is 2. The third kappa shape index (κ3) is 2.94. The monoisotopic (exact) mass is 279 g/mol. The molecule has 0 saturated carbocycles. The average Bonchev–Trinajstić information content (AvgIpc) is 2.89. The van der Waals surface area contributed by atoms with E-state index in [4.69, 9.17) is 10.5 Å². The van der Waals surface area contributed by atoms with E-state index in [-0.39, 0.29) is 17.7 Å². The number of carbonyl (C=O) groups is 1. The van der Waals surface area contributed by atoms with Crippen LogP contribution in [0.2, 0.25) is 0 Å². The Morgan fingerprint density at radius 2 is 2.30 bits per heavy atom. The van der Waals surface area contributed by atoms with Gasteiger partial charge in [-0.25, -0.2) is 0 Å². The van der Waals surface area contributed by atoms with E-state index in [1.54, 1.807) is 19.1 Å². The first-order valence-corrected chi connectivity index (χ1v) is 6.43. The molecule has 20 heavy (non-hydrogen) atoms. The Kier molecular flexibility index (Phi) is 4.31. The van der Waals surface area contributed by atoms with Crippen LogP contribution in [0.15, 0.2) is 18.2 Å². The normalized spacial score (nSPS) is 21.7. The number of carbonyl (C=O) groups excluding carboxylic acids is 1. The Balaban J connectivity index is 2.09. The van der Waals surface area contributed by atoms with E-state index in [0.29, 0.717) is 24.2 Å². The van der Waals surface area contributed by atoms with E-state index in [1.165, 1.54) is 6.07 Å². The second-order valence-electron chi connectivity index (χ2n) is 4.76. The zero-order chi connectivity index (χ0) is 14.7. The van der Waals surface area contributed by atoms with Gasteiger partial charge in [0.15, 0.2) is 0 Å². The van der Waals surface area contributed by atoms with Gasteiger partial charge in [-0.1, -0.05) is 6.07 Å². The van der Waals surface area contributed by atoms with Gasteiger partial charge in [0.25, 0.3) is 11.6 Å². The van der Waals surface area contributed by atoms with Crippen LogP contribution in [-0.4, -0.2) is 29.6 Å². The van der Waals surface area contributed by atoms with Gasteiger partial charge in [-0.05, 0) is 25.8 Å². The summed E-state index contributed by atoms with van der Waals surface area (Å²) in [4.78, 5) is 22.4. The Labute approximate surface area is 116 Å². The Morgan fingerprint density at radius 1 is 1.55 bits per heavy atom. The van der Waals surface area contributed by atoms with Crippen LogP contribution in [-0.2, 0) is 9.53 Å². The Morgan fingerprint density at radius 3 is 2.90 bits per heavy atom. The van der Waals surface area contributed by atoms with Gasteiger partial charge in [-0.2, -0.15) is 0 Å². The second-order valence-corrected chi connectivity index (χ2v) is 4.76. The standard InChI is InChI=1S/C13H17N3O4/c1-8-10(3-2-4-11(8)16(18)19)15-13(17)12-6-5-9(7-14)20-12/h2-4,9,12H,5-7,14H2,1H3,(H,15,17). The maximum atomic E-state index is 12.1. The number of hydrogen-bond acceptors (Lipinski definition) is 5. The van der Waals surface area contributed by atoms with Crippen molar-refractivity contribution in [3.63, 3.8) is 0 Å². The summed E-state index contributed by atoms with van der Waals surface area (Å²) in [5.74, 6) is -0.287. The molecular weight excluding hydrogens is 262 g/mol. The molecule has 0 radical (unpaired) electrons. The molecule has 0 aromatic heterocycles. The molecule has 1 fully saturated rings. The number of nitrogens with two attached hydrogens (primary N) is 1. The van der Waals surface area contributed by atoms with Crippen LogP contribution >= 0.6 is 0 Å². The van der Waals surface area contributed by atoms with E-state index in [9.17, 15) is 14.9 Å². The van der Waals surface area contributed by atoms with Gasteiger partial charge >= 0.3 is 0 Å². The molecule has 7 heteroatoms. The lowest BCUT2D eigenvalue weighted by atomic mass is 10.1. The van der Waals surface area contributed by atoms with Crippen LogP contribution in [0.25, 0.3) is 0 Å². The van der Waals surface area contributed by atoms with Crippen molar-refractivity contribution in [2.45, 2.75) is 32.0 Å². The summed E-state index contributed by atoms with van der Waals surface area (Å²) in [6.07, 6.45) is 0.739. The predicted octanol–water partition coefficient (Wildman–Crippen LogP) is 1.35. The minimum atomic E-state index is -0.540. The van der Waals surface area contributed by atoms with Crippen LogP contribution in [0.1, 0.15) is 18.4 Å². The molecule has 108 valence electrons. The molecule has 1 saturated heterocycles. The van der Waals surface area contributed by atoms with Crippen molar-refractivity contribution in [3.8, 4) is 0 Å².